The van der Waals surface area contributed by atoms with E-state index in [2.05, 4.69) is 55.8 Å². The van der Waals surface area contributed by atoms with Crippen molar-refractivity contribution in [3.63, 3.8) is 0 Å². The Labute approximate surface area is 184 Å². The van der Waals surface area contributed by atoms with Gasteiger partial charge in [-0.25, -0.2) is 10.8 Å². The minimum Gasteiger partial charge on any atom is -0.506 e. The topological polar surface area (TPSA) is 86.8 Å². The zero-order valence-corrected chi connectivity index (χ0v) is 19.7. The number of thiazole rings is 1. The molecule has 1 heterocycles. The monoisotopic (exact) mass is 571 g/mol. The third kappa shape index (κ3) is 5.44. The van der Waals surface area contributed by atoms with Gasteiger partial charge >= 0.3 is 0 Å². The zero-order valence-electron chi connectivity index (χ0n) is 14.3. The summed E-state index contributed by atoms with van der Waals surface area (Å²) in [7, 11) is 1.67. The summed E-state index contributed by atoms with van der Waals surface area (Å²) in [6.07, 6.45) is 3.63. The first kappa shape index (κ1) is 21.7. The van der Waals surface area contributed by atoms with Crippen LogP contribution in [0.4, 0.5) is 10.1 Å². The molecule has 0 radical (unpaired) electrons. The number of nitrogens with zero attached hydrogens (tertiary/aromatic N) is 3. The van der Waals surface area contributed by atoms with Gasteiger partial charge in [-0.1, -0.05) is 58.9 Å². The summed E-state index contributed by atoms with van der Waals surface area (Å²) in [6.45, 7) is 2.54. The van der Waals surface area contributed by atoms with Crippen molar-refractivity contribution in [2.75, 3.05) is 17.4 Å². The van der Waals surface area contributed by atoms with Crippen LogP contribution < -0.4 is 16.2 Å². The van der Waals surface area contributed by atoms with Crippen LogP contribution in [0, 0.1) is 0 Å². The van der Waals surface area contributed by atoms with E-state index < -0.39 is 0 Å². The predicted molar refractivity (Wildman–Crippen MR) is 123 cm³/mol. The molecule has 4 N–H and O–H groups in total. The van der Waals surface area contributed by atoms with Gasteiger partial charge in [0.1, 0.15) is 17.1 Å². The number of phenolic OH excluding ortho intramolecular Hbond substituents is 1. The fraction of sp³-hybridized carbons (Fsp3) is 0.375. The SMILES string of the molecule is CCCC(I)c1nc(NCc2cc(Cl)cc(Br)c2O)sc1N(N)C=NC. The third-order valence-corrected chi connectivity index (χ3v) is 6.56. The number of nitrogens with one attached hydrogen (secondary N) is 1. The highest BCUT2D eigenvalue weighted by Gasteiger charge is 2.21. The van der Waals surface area contributed by atoms with E-state index in [4.69, 9.17) is 22.4 Å². The Morgan fingerprint density at radius 1 is 1.58 bits per heavy atom. The van der Waals surface area contributed by atoms with Gasteiger partial charge in [0.05, 0.1) is 14.1 Å². The minimum atomic E-state index is 0.162. The van der Waals surface area contributed by atoms with Crippen molar-refractivity contribution in [2.45, 2.75) is 30.2 Å². The lowest BCUT2D eigenvalue weighted by Crippen LogP contribution is -2.29. The minimum absolute atomic E-state index is 0.162. The van der Waals surface area contributed by atoms with Crippen molar-refractivity contribution in [1.82, 2.24) is 4.98 Å². The lowest BCUT2D eigenvalue weighted by Gasteiger charge is -2.14. The number of benzene rings is 1. The molecule has 10 heteroatoms. The molecule has 142 valence electrons. The van der Waals surface area contributed by atoms with Gasteiger partial charge in [-0.2, -0.15) is 0 Å². The molecule has 2 rings (SSSR count). The Morgan fingerprint density at radius 3 is 2.96 bits per heavy atom. The average Bonchev–Trinajstić information content (AvgIpc) is 3.02. The smallest absolute Gasteiger partial charge is 0.185 e. The maximum atomic E-state index is 10.2. The lowest BCUT2D eigenvalue weighted by molar-refractivity contribution is 0.465. The number of hydrogen-bond acceptors (Lipinski definition) is 6. The number of aliphatic imine (C=N–C) groups is 1. The van der Waals surface area contributed by atoms with Gasteiger partial charge in [0.25, 0.3) is 0 Å². The van der Waals surface area contributed by atoms with Crippen LogP contribution in [0.2, 0.25) is 5.02 Å². The van der Waals surface area contributed by atoms with E-state index in [1.54, 1.807) is 25.5 Å². The summed E-state index contributed by atoms with van der Waals surface area (Å²) in [4.78, 5) is 8.68. The summed E-state index contributed by atoms with van der Waals surface area (Å²) >= 11 is 13.2. The van der Waals surface area contributed by atoms with Crippen LogP contribution in [-0.2, 0) is 6.54 Å². The molecule has 26 heavy (non-hydrogen) atoms. The molecule has 0 bridgehead atoms. The summed E-state index contributed by atoms with van der Waals surface area (Å²) < 4.78 is 0.814. The Hall–Kier alpha value is -0.620. The van der Waals surface area contributed by atoms with Crippen LogP contribution >= 0.6 is 61.5 Å². The van der Waals surface area contributed by atoms with Crippen LogP contribution in [0.1, 0.15) is 34.9 Å². The van der Waals surface area contributed by atoms with E-state index in [1.807, 2.05) is 0 Å². The highest BCUT2D eigenvalue weighted by atomic mass is 127. The number of phenols is 1. The molecule has 0 spiro atoms. The second kappa shape index (κ2) is 10.1. The van der Waals surface area contributed by atoms with Gasteiger partial charge in [0.2, 0.25) is 0 Å². The molecule has 1 aromatic carbocycles. The van der Waals surface area contributed by atoms with Gasteiger partial charge in [-0.3, -0.25) is 10.0 Å². The number of halogens is 3. The number of anilines is 2. The van der Waals surface area contributed by atoms with Crippen LogP contribution in [0.3, 0.4) is 0 Å². The molecule has 1 aromatic heterocycles. The van der Waals surface area contributed by atoms with Crippen LogP contribution in [-0.4, -0.2) is 23.5 Å². The van der Waals surface area contributed by atoms with E-state index in [0.29, 0.717) is 21.6 Å². The molecule has 2 aromatic rings. The maximum Gasteiger partial charge on any atom is 0.185 e. The molecule has 0 aliphatic carbocycles. The lowest BCUT2D eigenvalue weighted by atomic mass is 10.2. The van der Waals surface area contributed by atoms with Gasteiger partial charge in [0.15, 0.2) is 5.13 Å². The fourth-order valence-electron chi connectivity index (χ4n) is 2.28. The highest BCUT2D eigenvalue weighted by molar-refractivity contribution is 14.1. The third-order valence-electron chi connectivity index (χ3n) is 3.48. The predicted octanol–water partition coefficient (Wildman–Crippen LogP) is 5.49. The molecule has 0 aliphatic rings. The number of hydrogen-bond donors (Lipinski definition) is 3. The molecule has 0 saturated carbocycles. The summed E-state index contributed by atoms with van der Waals surface area (Å²) in [5, 5.41) is 17.0. The van der Waals surface area contributed by atoms with Crippen molar-refractivity contribution in [2.24, 2.45) is 10.8 Å². The van der Waals surface area contributed by atoms with E-state index in [9.17, 15) is 5.11 Å². The van der Waals surface area contributed by atoms with Crippen LogP contribution in [0.5, 0.6) is 5.75 Å². The number of aromatic hydroxyl groups is 1. The van der Waals surface area contributed by atoms with Gasteiger partial charge < -0.3 is 10.4 Å². The van der Waals surface area contributed by atoms with Gasteiger partial charge in [-0.05, 0) is 34.5 Å². The first-order chi connectivity index (χ1) is 12.4. The van der Waals surface area contributed by atoms with Gasteiger partial charge in [0, 0.05) is 24.2 Å². The van der Waals surface area contributed by atoms with E-state index in [1.165, 1.54) is 16.3 Å². The van der Waals surface area contributed by atoms with Crippen molar-refractivity contribution < 1.29 is 5.11 Å². The van der Waals surface area contributed by atoms with Crippen molar-refractivity contribution >= 4 is 77.9 Å². The Balaban J connectivity index is 2.26. The molecular formula is C16H20BrClIN5OS. The van der Waals surface area contributed by atoms with Crippen molar-refractivity contribution in [1.29, 1.82) is 0 Å². The molecule has 0 fully saturated rings. The van der Waals surface area contributed by atoms with E-state index >= 15 is 0 Å². The first-order valence-corrected chi connectivity index (χ1v) is 11.1. The second-order valence-corrected chi connectivity index (χ2v) is 9.27. The van der Waals surface area contributed by atoms with E-state index in [0.717, 1.165) is 28.7 Å². The van der Waals surface area contributed by atoms with E-state index in [-0.39, 0.29) is 9.67 Å². The maximum absolute atomic E-state index is 10.2. The molecular weight excluding hydrogens is 553 g/mol. The van der Waals surface area contributed by atoms with Gasteiger partial charge in [-0.15, -0.1) is 0 Å². The van der Waals surface area contributed by atoms with Crippen LogP contribution in [0.15, 0.2) is 21.6 Å². The second-order valence-electron chi connectivity index (χ2n) is 5.50. The Morgan fingerprint density at radius 2 is 2.31 bits per heavy atom. The summed E-state index contributed by atoms with van der Waals surface area (Å²) in [6, 6.07) is 3.38. The molecule has 1 unspecified atom stereocenters. The Bertz CT molecular complexity index is 788. The molecule has 1 atom stereocenters. The molecule has 6 nitrogen and oxygen atoms in total. The highest BCUT2D eigenvalue weighted by Crippen LogP contribution is 2.40. The molecule has 0 saturated heterocycles. The fourth-order valence-corrected chi connectivity index (χ4v) is 5.34. The quantitative estimate of drug-likeness (QED) is 0.0973. The first-order valence-electron chi connectivity index (χ1n) is 7.89. The number of nitrogens with two attached hydrogens (primary N) is 1. The van der Waals surface area contributed by atoms with Crippen molar-refractivity contribution in [3.05, 3.63) is 32.9 Å². The number of alkyl halides is 1. The summed E-state index contributed by atoms with van der Waals surface area (Å²) in [5.74, 6) is 6.25. The number of aromatic nitrogens is 1. The number of hydrazine groups is 1. The Kier molecular flexibility index (Phi) is 8.40. The zero-order chi connectivity index (χ0) is 19.3. The normalized spacial score (nSPS) is 12.5. The molecule has 0 aliphatic heterocycles. The standard InChI is InChI=1S/C16H20BrClIN5OS/c1-3-4-12(19)13-15(24(20)8-21-2)26-16(23-13)22-7-9-5-10(18)6-11(17)14(9)25/h5-6,8,12,25H,3-4,7,20H2,1-2H3,(H,22,23). The molecule has 0 amide bonds. The largest absolute Gasteiger partial charge is 0.506 e. The van der Waals surface area contributed by atoms with Crippen molar-refractivity contribution in [3.8, 4) is 5.75 Å². The summed E-state index contributed by atoms with van der Waals surface area (Å²) in [5.41, 5.74) is 1.61. The van der Waals surface area contributed by atoms with Crippen LogP contribution in [0.25, 0.3) is 0 Å². The average molecular weight is 573 g/mol. The number of rotatable bonds is 8.